The van der Waals surface area contributed by atoms with Crippen LogP contribution < -0.4 is 15.1 Å². The van der Waals surface area contributed by atoms with Gasteiger partial charge in [0, 0.05) is 42.9 Å². The number of aromatic nitrogens is 2. The molecule has 4 rings (SSSR count). The lowest BCUT2D eigenvalue weighted by Gasteiger charge is -2.34. The number of pyridine rings is 2. The lowest BCUT2D eigenvalue weighted by Crippen LogP contribution is -2.35. The number of nitrogens with one attached hydrogen (secondary N) is 1. The quantitative estimate of drug-likeness (QED) is 0.393. The van der Waals surface area contributed by atoms with Crippen LogP contribution in [-0.2, 0) is 11.0 Å². The fourth-order valence-electron chi connectivity index (χ4n) is 4.55. The molecule has 1 aromatic carbocycles. The lowest BCUT2D eigenvalue weighted by molar-refractivity contribution is -0.137. The van der Waals surface area contributed by atoms with E-state index in [1.165, 1.54) is 4.90 Å². The zero-order chi connectivity index (χ0) is 28.2. The summed E-state index contributed by atoms with van der Waals surface area (Å²) < 4.78 is 39.2. The Morgan fingerprint density at radius 1 is 1.18 bits per heavy atom. The second kappa shape index (κ2) is 11.8. The lowest BCUT2D eigenvalue weighted by atomic mass is 9.97. The normalized spacial score (nSPS) is 14.3. The summed E-state index contributed by atoms with van der Waals surface area (Å²) in [4.78, 5) is 36.2. The molecule has 8 nitrogen and oxygen atoms in total. The van der Waals surface area contributed by atoms with Gasteiger partial charge in [0.25, 0.3) is 5.91 Å². The number of aryl methyl sites for hydroxylation is 1. The SMILES string of the molecule is Cc1ccc(NC(=O)c2cncc(C(F)(F)F)c2)cc1-c1cnc(N(C=O)CCO)c(N2CCC(C)CC2)c1. The van der Waals surface area contributed by atoms with Crippen molar-refractivity contribution in [3.63, 3.8) is 0 Å². The highest BCUT2D eigenvalue weighted by molar-refractivity contribution is 6.04. The van der Waals surface area contributed by atoms with Crippen LogP contribution in [0.25, 0.3) is 11.1 Å². The van der Waals surface area contributed by atoms with Crippen molar-refractivity contribution < 1.29 is 27.9 Å². The second-order valence-corrected chi connectivity index (χ2v) is 9.70. The summed E-state index contributed by atoms with van der Waals surface area (Å²) in [5, 5.41) is 12.1. The van der Waals surface area contributed by atoms with E-state index in [-0.39, 0.29) is 18.7 Å². The Morgan fingerprint density at radius 3 is 2.59 bits per heavy atom. The van der Waals surface area contributed by atoms with Crippen molar-refractivity contribution in [3.8, 4) is 11.1 Å². The van der Waals surface area contributed by atoms with Gasteiger partial charge in [-0.15, -0.1) is 0 Å². The van der Waals surface area contributed by atoms with Gasteiger partial charge >= 0.3 is 6.18 Å². The Labute approximate surface area is 224 Å². The largest absolute Gasteiger partial charge is 0.417 e. The topological polar surface area (TPSA) is 98.7 Å². The molecule has 39 heavy (non-hydrogen) atoms. The maximum Gasteiger partial charge on any atom is 0.417 e. The number of hydrogen-bond donors (Lipinski definition) is 2. The molecular weight excluding hydrogens is 511 g/mol. The summed E-state index contributed by atoms with van der Waals surface area (Å²) in [6.07, 6.45) is 1.41. The molecule has 11 heteroatoms. The van der Waals surface area contributed by atoms with Crippen molar-refractivity contribution in [2.24, 2.45) is 5.92 Å². The van der Waals surface area contributed by atoms with Gasteiger partial charge in [0.2, 0.25) is 6.41 Å². The molecular formula is C28H30F3N5O3. The number of carbonyl (C=O) groups excluding carboxylic acids is 2. The molecule has 1 saturated heterocycles. The van der Waals surface area contributed by atoms with Gasteiger partial charge in [-0.2, -0.15) is 13.2 Å². The zero-order valence-corrected chi connectivity index (χ0v) is 21.7. The summed E-state index contributed by atoms with van der Waals surface area (Å²) in [5.74, 6) is 0.331. The van der Waals surface area contributed by atoms with Crippen LogP contribution in [0.3, 0.4) is 0 Å². The fraction of sp³-hybridized carbons (Fsp3) is 0.357. The summed E-state index contributed by atoms with van der Waals surface area (Å²) in [6.45, 7) is 5.60. The van der Waals surface area contributed by atoms with Gasteiger partial charge in [0.1, 0.15) is 0 Å². The van der Waals surface area contributed by atoms with Crippen LogP contribution in [0.4, 0.5) is 30.4 Å². The van der Waals surface area contributed by atoms with E-state index in [1.54, 1.807) is 24.4 Å². The number of carbonyl (C=O) groups is 2. The Bertz CT molecular complexity index is 1340. The van der Waals surface area contributed by atoms with Crippen molar-refractivity contribution in [1.82, 2.24) is 9.97 Å². The summed E-state index contributed by atoms with van der Waals surface area (Å²) in [6, 6.07) is 7.91. The van der Waals surface area contributed by atoms with Crippen LogP contribution in [0.2, 0.25) is 0 Å². The van der Waals surface area contributed by atoms with E-state index < -0.39 is 17.6 Å². The smallest absolute Gasteiger partial charge is 0.395 e. The first-order valence-electron chi connectivity index (χ1n) is 12.6. The van der Waals surface area contributed by atoms with Crippen LogP contribution in [0.15, 0.2) is 48.9 Å². The highest BCUT2D eigenvalue weighted by Gasteiger charge is 2.31. The highest BCUT2D eigenvalue weighted by atomic mass is 19.4. The Balaban J connectivity index is 1.67. The molecule has 0 bridgehead atoms. The number of nitrogens with zero attached hydrogens (tertiary/aromatic N) is 4. The third-order valence-corrected chi connectivity index (χ3v) is 6.85. The molecule has 1 aliphatic heterocycles. The minimum atomic E-state index is -4.61. The number of hydrogen-bond acceptors (Lipinski definition) is 6. The molecule has 3 aromatic rings. The van der Waals surface area contributed by atoms with Gasteiger partial charge in [0.05, 0.1) is 30.0 Å². The molecule has 3 heterocycles. The average molecular weight is 542 g/mol. The number of aliphatic hydroxyl groups excluding tert-OH is 1. The van der Waals surface area contributed by atoms with E-state index in [9.17, 15) is 27.9 Å². The molecule has 1 fully saturated rings. The van der Waals surface area contributed by atoms with Gasteiger partial charge in [-0.3, -0.25) is 19.5 Å². The molecule has 206 valence electrons. The molecule has 0 saturated carbocycles. The Kier molecular flexibility index (Phi) is 8.49. The van der Waals surface area contributed by atoms with Gasteiger partial charge in [-0.05, 0) is 61.1 Å². The van der Waals surface area contributed by atoms with Crippen LogP contribution >= 0.6 is 0 Å². The molecule has 0 spiro atoms. The Morgan fingerprint density at radius 2 is 1.92 bits per heavy atom. The predicted octanol–water partition coefficient (Wildman–Crippen LogP) is 4.91. The van der Waals surface area contributed by atoms with Gasteiger partial charge in [-0.25, -0.2) is 4.98 Å². The van der Waals surface area contributed by atoms with E-state index in [2.05, 4.69) is 27.1 Å². The van der Waals surface area contributed by atoms with E-state index in [1.807, 2.05) is 13.0 Å². The predicted molar refractivity (Wildman–Crippen MR) is 143 cm³/mol. The number of amides is 2. The number of benzene rings is 1. The molecule has 2 amide bonds. The molecule has 0 aliphatic carbocycles. The molecule has 2 N–H and O–H groups in total. The van der Waals surface area contributed by atoms with E-state index in [0.29, 0.717) is 30.0 Å². The van der Waals surface area contributed by atoms with Crippen LogP contribution in [0.1, 0.15) is 41.3 Å². The van der Waals surface area contributed by atoms with Crippen molar-refractivity contribution in [1.29, 1.82) is 0 Å². The minimum Gasteiger partial charge on any atom is -0.395 e. The first-order chi connectivity index (χ1) is 18.6. The number of rotatable bonds is 8. The first-order valence-corrected chi connectivity index (χ1v) is 12.6. The molecule has 1 aliphatic rings. The number of anilines is 3. The fourth-order valence-corrected chi connectivity index (χ4v) is 4.55. The number of piperidine rings is 1. The third-order valence-electron chi connectivity index (χ3n) is 6.85. The number of alkyl halides is 3. The standard InChI is InChI=1S/C28H30F3N5O3/c1-18-5-7-35(8-6-18)25-12-20(15-33-26(25)36(17-38)9-10-37)24-13-23(4-3-19(24)2)34-27(39)21-11-22(16-32-14-21)28(29,30)31/h3-4,11-18,37H,5-10H2,1-2H3,(H,34,39). The summed E-state index contributed by atoms with van der Waals surface area (Å²) in [5.41, 5.74) is 2.35. The maximum atomic E-state index is 13.1. The van der Waals surface area contributed by atoms with Gasteiger partial charge in [-0.1, -0.05) is 13.0 Å². The molecule has 0 unspecified atom stereocenters. The average Bonchev–Trinajstić information content (AvgIpc) is 2.92. The van der Waals surface area contributed by atoms with Crippen molar-refractivity contribution in [2.75, 3.05) is 41.4 Å². The summed E-state index contributed by atoms with van der Waals surface area (Å²) >= 11 is 0. The first kappa shape index (κ1) is 28.0. The molecule has 0 radical (unpaired) electrons. The second-order valence-electron chi connectivity index (χ2n) is 9.70. The van der Waals surface area contributed by atoms with E-state index >= 15 is 0 Å². The Hall–Kier alpha value is -3.99. The zero-order valence-electron chi connectivity index (χ0n) is 21.7. The van der Waals surface area contributed by atoms with Crippen molar-refractivity contribution in [3.05, 3.63) is 65.6 Å². The van der Waals surface area contributed by atoms with Crippen molar-refractivity contribution >= 4 is 29.5 Å². The van der Waals surface area contributed by atoms with Crippen molar-refractivity contribution in [2.45, 2.75) is 32.9 Å². The van der Waals surface area contributed by atoms with Gasteiger partial charge in [0.15, 0.2) is 5.82 Å². The minimum absolute atomic E-state index is 0.109. The third kappa shape index (κ3) is 6.54. The van der Waals surface area contributed by atoms with Crippen LogP contribution in [-0.4, -0.2) is 53.6 Å². The molecule has 0 atom stereocenters. The van der Waals surface area contributed by atoms with E-state index in [0.717, 1.165) is 60.6 Å². The van der Waals surface area contributed by atoms with Crippen LogP contribution in [0.5, 0.6) is 0 Å². The monoisotopic (exact) mass is 541 g/mol. The van der Waals surface area contributed by atoms with Crippen LogP contribution in [0, 0.1) is 12.8 Å². The highest BCUT2D eigenvalue weighted by Crippen LogP contribution is 2.36. The molecule has 2 aromatic heterocycles. The summed E-state index contributed by atoms with van der Waals surface area (Å²) in [7, 11) is 0. The maximum absolute atomic E-state index is 13.1. The van der Waals surface area contributed by atoms with E-state index in [4.69, 9.17) is 0 Å². The van der Waals surface area contributed by atoms with Gasteiger partial charge < -0.3 is 15.3 Å². The number of halogens is 3. The number of aliphatic hydroxyl groups is 1.